The summed E-state index contributed by atoms with van der Waals surface area (Å²) in [6.07, 6.45) is 4.16. The van der Waals surface area contributed by atoms with Gasteiger partial charge in [0.1, 0.15) is 5.69 Å². The number of fused-ring (bicyclic) bond motifs is 2. The fourth-order valence-electron chi connectivity index (χ4n) is 3.83. The number of piperidine rings is 1. The minimum absolute atomic E-state index is 0.0728. The molecule has 2 saturated heterocycles. The summed E-state index contributed by atoms with van der Waals surface area (Å²) >= 11 is 3.25. The van der Waals surface area contributed by atoms with Gasteiger partial charge in [-0.2, -0.15) is 9.50 Å². The summed E-state index contributed by atoms with van der Waals surface area (Å²) in [4.78, 5) is 22.8. The number of aromatic amines is 1. The average Bonchev–Trinajstić information content (AvgIpc) is 3.12. The summed E-state index contributed by atoms with van der Waals surface area (Å²) in [7, 11) is 0. The van der Waals surface area contributed by atoms with E-state index >= 15 is 0 Å². The fourth-order valence-corrected chi connectivity index (χ4v) is 4.16. The van der Waals surface area contributed by atoms with Crippen LogP contribution in [0, 0.1) is 0 Å². The highest BCUT2D eigenvalue weighted by atomic mass is 79.9. The number of aryl methyl sites for hydroxylation is 1. The van der Waals surface area contributed by atoms with Crippen molar-refractivity contribution in [3.05, 3.63) is 20.8 Å². The van der Waals surface area contributed by atoms with E-state index in [1.165, 1.54) is 10.9 Å². The summed E-state index contributed by atoms with van der Waals surface area (Å²) in [5.74, 6) is 0.496. The van der Waals surface area contributed by atoms with Crippen LogP contribution in [-0.4, -0.2) is 44.8 Å². The van der Waals surface area contributed by atoms with Gasteiger partial charge in [-0.25, -0.2) is 0 Å². The van der Waals surface area contributed by atoms with E-state index in [1.807, 2.05) is 0 Å². The Labute approximate surface area is 136 Å². The van der Waals surface area contributed by atoms with E-state index in [2.05, 4.69) is 48.1 Å². The van der Waals surface area contributed by atoms with Gasteiger partial charge in [-0.1, -0.05) is 6.92 Å². The lowest BCUT2D eigenvalue weighted by molar-refractivity contribution is 0.410. The normalized spacial score (nSPS) is 24.9. The van der Waals surface area contributed by atoms with Crippen LogP contribution in [0.4, 0.5) is 5.69 Å². The first-order valence-corrected chi connectivity index (χ1v) is 8.65. The predicted molar refractivity (Wildman–Crippen MR) is 87.5 cm³/mol. The molecule has 7 nitrogen and oxygen atoms in total. The summed E-state index contributed by atoms with van der Waals surface area (Å²) in [5.41, 5.74) is 1.65. The van der Waals surface area contributed by atoms with Crippen LogP contribution >= 0.6 is 15.9 Å². The Hall–Kier alpha value is -1.41. The number of H-pyrrole nitrogens is 1. The molecule has 0 aliphatic carbocycles. The van der Waals surface area contributed by atoms with Gasteiger partial charge < -0.3 is 15.2 Å². The van der Waals surface area contributed by atoms with Crippen LogP contribution in [0.1, 0.15) is 31.9 Å². The highest BCUT2D eigenvalue weighted by Crippen LogP contribution is 2.29. The zero-order chi connectivity index (χ0) is 15.3. The first kappa shape index (κ1) is 14.2. The maximum Gasteiger partial charge on any atom is 0.299 e. The van der Waals surface area contributed by atoms with Crippen molar-refractivity contribution >= 4 is 27.4 Å². The van der Waals surface area contributed by atoms with E-state index in [-0.39, 0.29) is 5.56 Å². The number of halogens is 1. The van der Waals surface area contributed by atoms with Crippen molar-refractivity contribution in [3.8, 4) is 0 Å². The lowest BCUT2D eigenvalue weighted by atomic mass is 9.96. The molecule has 0 spiro atoms. The molecular weight excluding hydrogens is 348 g/mol. The Morgan fingerprint density at radius 3 is 3.09 bits per heavy atom. The lowest BCUT2D eigenvalue weighted by Crippen LogP contribution is -2.51. The summed E-state index contributed by atoms with van der Waals surface area (Å²) in [6, 6.07) is 0.903. The van der Waals surface area contributed by atoms with Crippen LogP contribution in [0.2, 0.25) is 0 Å². The second-order valence-electron chi connectivity index (χ2n) is 5.98. The van der Waals surface area contributed by atoms with Gasteiger partial charge in [-0.05, 0) is 48.2 Å². The number of anilines is 1. The van der Waals surface area contributed by atoms with Gasteiger partial charge in [0.2, 0.25) is 10.5 Å². The number of hydrogen-bond acceptors (Lipinski definition) is 5. The third-order valence-corrected chi connectivity index (χ3v) is 5.13. The van der Waals surface area contributed by atoms with Gasteiger partial charge in [0.05, 0.1) is 0 Å². The molecule has 0 radical (unpaired) electrons. The number of aromatic nitrogens is 4. The van der Waals surface area contributed by atoms with E-state index in [4.69, 9.17) is 0 Å². The van der Waals surface area contributed by atoms with Crippen LogP contribution in [0.15, 0.2) is 9.53 Å². The fraction of sp³-hybridized carbons (Fsp3) is 0.643. The molecule has 2 aliphatic heterocycles. The van der Waals surface area contributed by atoms with Crippen LogP contribution in [-0.2, 0) is 6.42 Å². The highest BCUT2D eigenvalue weighted by Gasteiger charge is 2.37. The Kier molecular flexibility index (Phi) is 3.45. The molecule has 2 aromatic heterocycles. The SMILES string of the molecule is CCc1[nH]c2nc(Br)nn2c(=O)c1N1CCCC2NCCC21. The van der Waals surface area contributed by atoms with E-state index < -0.39 is 0 Å². The van der Waals surface area contributed by atoms with Gasteiger partial charge >= 0.3 is 0 Å². The second kappa shape index (κ2) is 5.34. The van der Waals surface area contributed by atoms with E-state index in [1.54, 1.807) is 0 Å². The van der Waals surface area contributed by atoms with Crippen molar-refractivity contribution in [3.63, 3.8) is 0 Å². The molecule has 2 aromatic rings. The molecule has 8 heteroatoms. The van der Waals surface area contributed by atoms with Gasteiger partial charge in [0.25, 0.3) is 5.56 Å². The molecule has 2 N–H and O–H groups in total. The Morgan fingerprint density at radius 2 is 2.27 bits per heavy atom. The third-order valence-electron chi connectivity index (χ3n) is 4.79. The maximum atomic E-state index is 13.0. The van der Waals surface area contributed by atoms with Crippen LogP contribution in [0.3, 0.4) is 0 Å². The molecule has 2 unspecified atom stereocenters. The number of rotatable bonds is 2. The Balaban J connectivity index is 1.89. The molecule has 4 heterocycles. The second-order valence-corrected chi connectivity index (χ2v) is 6.69. The quantitative estimate of drug-likeness (QED) is 0.831. The first-order chi connectivity index (χ1) is 10.7. The molecule has 0 amide bonds. The van der Waals surface area contributed by atoms with E-state index in [0.717, 1.165) is 43.7 Å². The lowest BCUT2D eigenvalue weighted by Gasteiger charge is -2.39. The van der Waals surface area contributed by atoms with Crippen molar-refractivity contribution < 1.29 is 0 Å². The molecular formula is C14H19BrN6O. The number of nitrogens with zero attached hydrogens (tertiary/aromatic N) is 4. The van der Waals surface area contributed by atoms with Crippen molar-refractivity contribution in [2.75, 3.05) is 18.0 Å². The Morgan fingerprint density at radius 1 is 1.41 bits per heavy atom. The van der Waals surface area contributed by atoms with Crippen molar-refractivity contribution in [1.29, 1.82) is 0 Å². The molecule has 2 fully saturated rings. The number of hydrogen-bond donors (Lipinski definition) is 2. The number of nitrogens with one attached hydrogen (secondary N) is 2. The largest absolute Gasteiger partial charge is 0.361 e. The smallest absolute Gasteiger partial charge is 0.299 e. The molecule has 2 aliphatic rings. The van der Waals surface area contributed by atoms with Gasteiger partial charge in [0, 0.05) is 24.3 Å². The standard InChI is InChI=1S/C14H19BrN6O/c1-2-8-11(12(22)21-14(17-8)18-13(15)19-21)20-7-3-4-9-10(20)5-6-16-9/h9-10,16H,2-7H2,1H3,(H,17,18,19). The zero-order valence-corrected chi connectivity index (χ0v) is 14.1. The topological polar surface area (TPSA) is 78.3 Å². The summed E-state index contributed by atoms with van der Waals surface area (Å²) in [6.45, 7) is 4.02. The zero-order valence-electron chi connectivity index (χ0n) is 12.5. The molecule has 4 rings (SSSR count). The molecule has 2 atom stereocenters. The van der Waals surface area contributed by atoms with Gasteiger partial charge in [-0.3, -0.25) is 4.79 Å². The van der Waals surface area contributed by atoms with Gasteiger partial charge in [-0.15, -0.1) is 5.10 Å². The first-order valence-electron chi connectivity index (χ1n) is 7.86. The highest BCUT2D eigenvalue weighted by molar-refractivity contribution is 9.10. The third kappa shape index (κ3) is 2.08. The summed E-state index contributed by atoms with van der Waals surface area (Å²) < 4.78 is 1.80. The summed E-state index contributed by atoms with van der Waals surface area (Å²) in [5, 5.41) is 7.73. The molecule has 0 bridgehead atoms. The molecule has 0 aromatic carbocycles. The van der Waals surface area contributed by atoms with Crippen molar-refractivity contribution in [2.24, 2.45) is 0 Å². The molecule has 22 heavy (non-hydrogen) atoms. The van der Waals surface area contributed by atoms with Crippen LogP contribution in [0.5, 0.6) is 0 Å². The van der Waals surface area contributed by atoms with Crippen molar-refractivity contribution in [2.45, 2.75) is 44.7 Å². The van der Waals surface area contributed by atoms with Crippen molar-refractivity contribution in [1.82, 2.24) is 24.9 Å². The van der Waals surface area contributed by atoms with Gasteiger partial charge in [0.15, 0.2) is 0 Å². The minimum atomic E-state index is -0.0728. The maximum absolute atomic E-state index is 13.0. The van der Waals surface area contributed by atoms with Crippen LogP contribution in [0.25, 0.3) is 5.78 Å². The van der Waals surface area contributed by atoms with Crippen LogP contribution < -0.4 is 15.8 Å². The minimum Gasteiger partial charge on any atom is -0.361 e. The predicted octanol–water partition coefficient (Wildman–Crippen LogP) is 1.07. The van der Waals surface area contributed by atoms with E-state index in [9.17, 15) is 4.79 Å². The monoisotopic (exact) mass is 366 g/mol. The molecule has 118 valence electrons. The Bertz CT molecular complexity index is 769. The van der Waals surface area contributed by atoms with E-state index in [0.29, 0.717) is 22.6 Å². The average molecular weight is 367 g/mol. The molecule has 0 saturated carbocycles.